The zero-order valence-electron chi connectivity index (χ0n) is 19.3. The van der Waals surface area contributed by atoms with Crippen molar-refractivity contribution in [1.82, 2.24) is 4.90 Å². The van der Waals surface area contributed by atoms with Crippen molar-refractivity contribution < 1.29 is 23.8 Å². The Morgan fingerprint density at radius 3 is 2.00 bits per heavy atom. The molecular formula is C28H24ClNO5. The average molecular weight is 490 g/mol. The highest BCUT2D eigenvalue weighted by Crippen LogP contribution is 2.39. The molecule has 0 spiro atoms. The van der Waals surface area contributed by atoms with E-state index < -0.39 is 17.9 Å². The van der Waals surface area contributed by atoms with Crippen molar-refractivity contribution in [2.24, 2.45) is 0 Å². The summed E-state index contributed by atoms with van der Waals surface area (Å²) in [5.74, 6) is -0.531. The van der Waals surface area contributed by atoms with Gasteiger partial charge in [0.1, 0.15) is 11.5 Å². The molecule has 0 N–H and O–H groups in total. The highest BCUT2D eigenvalue weighted by Gasteiger charge is 2.35. The van der Waals surface area contributed by atoms with E-state index >= 15 is 0 Å². The lowest BCUT2D eigenvalue weighted by Crippen LogP contribution is -2.28. The van der Waals surface area contributed by atoms with Crippen LogP contribution in [0.25, 0.3) is 0 Å². The van der Waals surface area contributed by atoms with E-state index in [0.717, 1.165) is 5.56 Å². The molecule has 0 atom stereocenters. The Morgan fingerprint density at radius 1 is 0.800 bits per heavy atom. The van der Waals surface area contributed by atoms with Crippen molar-refractivity contribution in [3.8, 4) is 11.5 Å². The summed E-state index contributed by atoms with van der Waals surface area (Å²) in [6, 6.07) is 24.0. The minimum Gasteiger partial charge on any atom is -0.466 e. The predicted octanol–water partition coefficient (Wildman–Crippen LogP) is 5.85. The van der Waals surface area contributed by atoms with Crippen LogP contribution >= 0.6 is 11.6 Å². The van der Waals surface area contributed by atoms with Gasteiger partial charge in [0, 0.05) is 24.0 Å². The molecule has 3 aromatic carbocycles. The van der Waals surface area contributed by atoms with Gasteiger partial charge in [0.15, 0.2) is 0 Å². The molecule has 0 unspecified atom stereocenters. The molecule has 0 saturated carbocycles. The first-order valence-electron chi connectivity index (χ1n) is 10.9. The average Bonchev–Trinajstić information content (AvgIpc) is 2.89. The number of carbonyl (C=O) groups is 2. The number of esters is 2. The summed E-state index contributed by atoms with van der Waals surface area (Å²) < 4.78 is 16.1. The topological polar surface area (TPSA) is 65.1 Å². The van der Waals surface area contributed by atoms with Crippen molar-refractivity contribution in [3.05, 3.63) is 119 Å². The molecule has 0 bridgehead atoms. The van der Waals surface area contributed by atoms with Crippen LogP contribution in [0.5, 0.6) is 11.5 Å². The normalized spacial score (nSPS) is 13.5. The van der Waals surface area contributed by atoms with Crippen molar-refractivity contribution in [2.45, 2.75) is 12.5 Å². The number of methoxy groups -OCH3 is 2. The summed E-state index contributed by atoms with van der Waals surface area (Å²) >= 11 is 6.00. The number of ether oxygens (including phenoxy) is 3. The number of rotatable bonds is 7. The molecule has 0 aromatic heterocycles. The first kappa shape index (κ1) is 24.1. The number of nitrogens with zero attached hydrogens (tertiary/aromatic N) is 1. The molecule has 1 aliphatic heterocycles. The van der Waals surface area contributed by atoms with Crippen LogP contribution in [0.3, 0.4) is 0 Å². The summed E-state index contributed by atoms with van der Waals surface area (Å²) in [7, 11) is 2.63. The van der Waals surface area contributed by atoms with Gasteiger partial charge in [0.2, 0.25) is 0 Å². The van der Waals surface area contributed by atoms with Gasteiger partial charge >= 0.3 is 11.9 Å². The van der Waals surface area contributed by atoms with Crippen LogP contribution in [0.4, 0.5) is 0 Å². The maximum Gasteiger partial charge on any atom is 0.336 e. The second-order valence-electron chi connectivity index (χ2n) is 7.87. The number of carbonyl (C=O) groups excluding carboxylic acids is 2. The third kappa shape index (κ3) is 5.73. The molecule has 0 fully saturated rings. The fraction of sp³-hybridized carbons (Fsp3) is 0.143. The minimum atomic E-state index is -0.698. The Morgan fingerprint density at radius 2 is 1.40 bits per heavy atom. The van der Waals surface area contributed by atoms with E-state index in [0.29, 0.717) is 39.8 Å². The van der Waals surface area contributed by atoms with Gasteiger partial charge in [-0.05, 0) is 47.5 Å². The molecule has 0 radical (unpaired) electrons. The van der Waals surface area contributed by atoms with Gasteiger partial charge in [-0.1, -0.05) is 54.1 Å². The molecule has 1 heterocycles. The van der Waals surface area contributed by atoms with Gasteiger partial charge in [-0.15, -0.1) is 0 Å². The monoisotopic (exact) mass is 489 g/mol. The molecule has 0 amide bonds. The van der Waals surface area contributed by atoms with Crippen LogP contribution in [0.1, 0.15) is 17.0 Å². The van der Waals surface area contributed by atoms with Crippen molar-refractivity contribution in [2.75, 3.05) is 14.2 Å². The summed E-state index contributed by atoms with van der Waals surface area (Å²) in [5, 5.41) is 0.627. The SMILES string of the molecule is COC(=O)C1=CN(Cc2ccc(Cl)cc2)C=C(C(=O)OC)C1c1cccc(Oc2ccccc2)c1. The molecule has 1 aliphatic rings. The molecular weight excluding hydrogens is 466 g/mol. The summed E-state index contributed by atoms with van der Waals surface area (Å²) in [5.41, 5.74) is 2.26. The Kier molecular flexibility index (Phi) is 7.53. The summed E-state index contributed by atoms with van der Waals surface area (Å²) in [4.78, 5) is 27.5. The van der Waals surface area contributed by atoms with Crippen LogP contribution in [0.2, 0.25) is 5.02 Å². The third-order valence-corrected chi connectivity index (χ3v) is 5.77. The Bertz CT molecular complexity index is 1230. The van der Waals surface area contributed by atoms with E-state index in [1.807, 2.05) is 60.7 Å². The van der Waals surface area contributed by atoms with Crippen LogP contribution in [-0.2, 0) is 25.6 Å². The van der Waals surface area contributed by atoms with E-state index in [2.05, 4.69) is 0 Å². The molecule has 7 heteroatoms. The maximum atomic E-state index is 12.9. The molecule has 3 aromatic rings. The van der Waals surface area contributed by atoms with E-state index in [1.165, 1.54) is 14.2 Å². The first-order chi connectivity index (χ1) is 17.0. The second kappa shape index (κ2) is 10.9. The van der Waals surface area contributed by atoms with E-state index in [1.54, 1.807) is 35.5 Å². The minimum absolute atomic E-state index is 0.307. The first-order valence-corrected chi connectivity index (χ1v) is 11.3. The largest absolute Gasteiger partial charge is 0.466 e. The van der Waals surface area contributed by atoms with E-state index in [-0.39, 0.29) is 0 Å². The lowest BCUT2D eigenvalue weighted by molar-refractivity contribution is -0.137. The Balaban J connectivity index is 1.73. The van der Waals surface area contributed by atoms with Gasteiger partial charge in [-0.25, -0.2) is 9.59 Å². The highest BCUT2D eigenvalue weighted by molar-refractivity contribution is 6.30. The number of hydrogen-bond donors (Lipinski definition) is 0. The fourth-order valence-electron chi connectivity index (χ4n) is 3.92. The quantitative estimate of drug-likeness (QED) is 0.388. The molecule has 4 rings (SSSR count). The summed E-state index contributed by atoms with van der Waals surface area (Å²) in [6.07, 6.45) is 3.39. The van der Waals surface area contributed by atoms with Crippen LogP contribution in [0.15, 0.2) is 102 Å². The van der Waals surface area contributed by atoms with Gasteiger partial charge < -0.3 is 19.1 Å². The van der Waals surface area contributed by atoms with Crippen LogP contribution in [0, 0.1) is 0 Å². The van der Waals surface area contributed by atoms with Crippen molar-refractivity contribution in [3.63, 3.8) is 0 Å². The lowest BCUT2D eigenvalue weighted by Gasteiger charge is -2.30. The maximum absolute atomic E-state index is 12.9. The highest BCUT2D eigenvalue weighted by atomic mass is 35.5. The number of hydrogen-bond acceptors (Lipinski definition) is 6. The van der Waals surface area contributed by atoms with Gasteiger partial charge in [0.25, 0.3) is 0 Å². The van der Waals surface area contributed by atoms with E-state index in [4.69, 9.17) is 25.8 Å². The molecule has 0 aliphatic carbocycles. The second-order valence-corrected chi connectivity index (χ2v) is 8.31. The van der Waals surface area contributed by atoms with Crippen molar-refractivity contribution in [1.29, 1.82) is 0 Å². The number of para-hydroxylation sites is 1. The molecule has 0 saturated heterocycles. The Hall–Kier alpha value is -4.03. The zero-order valence-corrected chi connectivity index (χ0v) is 20.1. The predicted molar refractivity (Wildman–Crippen MR) is 133 cm³/mol. The molecule has 178 valence electrons. The smallest absolute Gasteiger partial charge is 0.336 e. The van der Waals surface area contributed by atoms with Gasteiger partial charge in [-0.3, -0.25) is 0 Å². The Labute approximate surface area is 209 Å². The summed E-state index contributed by atoms with van der Waals surface area (Å²) in [6.45, 7) is 0.419. The van der Waals surface area contributed by atoms with Crippen molar-refractivity contribution >= 4 is 23.5 Å². The third-order valence-electron chi connectivity index (χ3n) is 5.52. The number of halogens is 1. The standard InChI is InChI=1S/C28H24ClNO5/c1-33-27(31)24-17-30(16-19-11-13-21(29)14-12-19)18-25(28(32)34-2)26(24)20-7-6-10-23(15-20)35-22-8-4-3-5-9-22/h3-15,17-18,26H,16H2,1-2H3. The fourth-order valence-corrected chi connectivity index (χ4v) is 4.05. The van der Waals surface area contributed by atoms with Gasteiger partial charge in [-0.2, -0.15) is 0 Å². The van der Waals surface area contributed by atoms with Crippen LogP contribution < -0.4 is 4.74 Å². The van der Waals surface area contributed by atoms with Gasteiger partial charge in [0.05, 0.1) is 31.3 Å². The lowest BCUT2D eigenvalue weighted by atomic mass is 9.83. The van der Waals surface area contributed by atoms with E-state index in [9.17, 15) is 9.59 Å². The van der Waals surface area contributed by atoms with Crippen LogP contribution in [-0.4, -0.2) is 31.1 Å². The molecule has 6 nitrogen and oxygen atoms in total. The number of benzene rings is 3. The molecule has 35 heavy (non-hydrogen) atoms. The zero-order chi connectivity index (χ0) is 24.8.